The minimum absolute atomic E-state index is 0.0445. The third kappa shape index (κ3) is 8.87. The highest BCUT2D eigenvalue weighted by Gasteiger charge is 2.58. The molecule has 268 valence electrons. The van der Waals surface area contributed by atoms with Crippen LogP contribution >= 0.6 is 11.3 Å². The number of carbonyl (C=O) groups is 4. The van der Waals surface area contributed by atoms with Crippen molar-refractivity contribution in [3.8, 4) is 16.9 Å². The molecule has 3 amide bonds. The van der Waals surface area contributed by atoms with Gasteiger partial charge < -0.3 is 31.5 Å². The molecule has 0 bridgehead atoms. The Kier molecular flexibility index (Phi) is 11.4. The molecule has 1 saturated heterocycles. The van der Waals surface area contributed by atoms with Gasteiger partial charge in [0.2, 0.25) is 0 Å². The van der Waals surface area contributed by atoms with E-state index in [4.69, 9.17) is 25.6 Å². The van der Waals surface area contributed by atoms with E-state index < -0.39 is 64.2 Å². The number of oxime groups is 1. The van der Waals surface area contributed by atoms with Crippen LogP contribution < -0.4 is 31.4 Å². The van der Waals surface area contributed by atoms with Crippen LogP contribution in [-0.2, 0) is 45.7 Å². The van der Waals surface area contributed by atoms with Gasteiger partial charge in [-0.25, -0.2) is 24.5 Å². The lowest BCUT2D eigenvalue weighted by atomic mass is 9.84. The van der Waals surface area contributed by atoms with Crippen molar-refractivity contribution in [1.82, 2.24) is 15.4 Å². The van der Waals surface area contributed by atoms with Crippen molar-refractivity contribution < 1.29 is 55.7 Å². The summed E-state index contributed by atoms with van der Waals surface area (Å²) in [4.78, 5) is 59.1. The quantitative estimate of drug-likeness (QED) is 0.0394. The van der Waals surface area contributed by atoms with E-state index in [0.29, 0.717) is 23.1 Å². The Bertz CT molecular complexity index is 1920. The zero-order chi connectivity index (χ0) is 37.0. The minimum Gasteiger partial charge on any atom is -0.489 e. The van der Waals surface area contributed by atoms with Crippen molar-refractivity contribution in [3.63, 3.8) is 0 Å². The van der Waals surface area contributed by atoms with Crippen LogP contribution in [0.3, 0.4) is 0 Å². The number of aryl methyl sites for hydroxylation is 1. The smallest absolute Gasteiger partial charge is 0.418 e. The van der Waals surface area contributed by atoms with Gasteiger partial charge in [-0.2, -0.15) is 13.5 Å². The third-order valence-electron chi connectivity index (χ3n) is 7.40. The number of carboxylic acids is 1. The Labute approximate surface area is 289 Å². The van der Waals surface area contributed by atoms with E-state index in [1.54, 1.807) is 41.9 Å². The number of rotatable bonds is 15. The number of carboxylic acid groups (broad SMARTS) is 1. The molecule has 3 atom stereocenters. The molecule has 8 N–H and O–H groups in total. The van der Waals surface area contributed by atoms with Gasteiger partial charge in [-0.3, -0.25) is 14.1 Å². The Morgan fingerprint density at radius 3 is 2.38 bits per heavy atom. The summed E-state index contributed by atoms with van der Waals surface area (Å²) in [6, 6.07) is 8.28. The predicted octanol–water partition coefficient (Wildman–Crippen LogP) is -0.0145. The summed E-state index contributed by atoms with van der Waals surface area (Å²) in [5.74, 6) is -2.97. The average molecular weight is 736 g/mol. The molecule has 50 heavy (non-hydrogen) atoms. The Balaban J connectivity index is 1.43. The van der Waals surface area contributed by atoms with Gasteiger partial charge in [0.1, 0.15) is 30.1 Å². The predicted molar refractivity (Wildman–Crippen MR) is 177 cm³/mol. The van der Waals surface area contributed by atoms with Crippen molar-refractivity contribution in [2.75, 3.05) is 17.7 Å². The number of hydroxylamine groups is 2. The largest absolute Gasteiger partial charge is 0.489 e. The highest BCUT2D eigenvalue weighted by Crippen LogP contribution is 2.33. The number of hydrogen-bond donors (Lipinski definition) is 6. The first-order valence-electron chi connectivity index (χ1n) is 14.7. The average Bonchev–Trinajstić information content (AvgIpc) is 3.49. The number of nitrogen functional groups attached to an aromatic ring is 1. The SMILES string of the molecule is CC[C@H](N)C(=O)Nc1ccc(-c2ccc(OC[C@H](O/N=C(\C(=O)N[C@@H]3C(=O)N(OS(=O)(=O)O)C3(C)C)c3csc(N)n3)C(=O)O)cc2)c[n+]1C. The van der Waals surface area contributed by atoms with Gasteiger partial charge in [0.05, 0.1) is 18.8 Å². The fourth-order valence-corrected chi connectivity index (χ4v) is 5.51. The molecule has 21 heteroatoms. The number of amides is 3. The van der Waals surface area contributed by atoms with Gasteiger partial charge in [-0.15, -0.1) is 15.6 Å². The lowest BCUT2D eigenvalue weighted by Gasteiger charge is -2.50. The van der Waals surface area contributed by atoms with E-state index >= 15 is 0 Å². The molecule has 3 aromatic rings. The molecule has 0 aliphatic carbocycles. The fraction of sp³-hybridized carbons (Fsp3) is 0.345. The number of pyridine rings is 1. The molecule has 1 fully saturated rings. The van der Waals surface area contributed by atoms with Crippen LogP contribution in [0.5, 0.6) is 5.75 Å². The summed E-state index contributed by atoms with van der Waals surface area (Å²) in [6.45, 7) is 3.98. The summed E-state index contributed by atoms with van der Waals surface area (Å²) in [7, 11) is -3.26. The Morgan fingerprint density at radius 2 is 1.84 bits per heavy atom. The van der Waals surface area contributed by atoms with Gasteiger partial charge >= 0.3 is 22.3 Å². The van der Waals surface area contributed by atoms with E-state index in [1.807, 2.05) is 19.2 Å². The van der Waals surface area contributed by atoms with Crippen molar-refractivity contribution in [3.05, 3.63) is 53.7 Å². The number of nitrogens with one attached hydrogen (secondary N) is 2. The first kappa shape index (κ1) is 37.6. The third-order valence-corrected chi connectivity index (χ3v) is 8.41. The highest BCUT2D eigenvalue weighted by atomic mass is 32.3. The van der Waals surface area contributed by atoms with E-state index in [2.05, 4.69) is 25.1 Å². The molecular weight excluding hydrogens is 700 g/mol. The molecule has 0 saturated carbocycles. The normalized spacial score (nSPS) is 16.9. The standard InChI is InChI=1S/C29H34N8O11S2/c1-5-18(30)24(38)33-21-11-8-16(12-36(21)4)15-6-9-17(10-7-15)46-13-20(27(41)42)47-35-22(19-14-49-28(31)32-19)25(39)34-23-26(40)37(29(23,2)3)48-50(43,44)45/h6-12,14,18,20,23H,5,13,30H2,1-4H3,(H5,31,32,34,39,41,42,43,44,45)/p+1/b35-22-/t18-,20-,23+/m0/s1. The summed E-state index contributed by atoms with van der Waals surface area (Å²) >= 11 is 0.946. The van der Waals surface area contributed by atoms with Crippen molar-refractivity contribution in [1.29, 1.82) is 0 Å². The molecular formula is C29H35N8O11S2+. The number of aliphatic carboxylic acids is 1. The van der Waals surface area contributed by atoms with Gasteiger partial charge in [0, 0.05) is 17.0 Å². The molecule has 0 radical (unpaired) electrons. The molecule has 4 rings (SSSR count). The molecule has 1 aliphatic heterocycles. The molecule has 19 nitrogen and oxygen atoms in total. The number of thiazole rings is 1. The first-order chi connectivity index (χ1) is 23.4. The zero-order valence-corrected chi connectivity index (χ0v) is 28.7. The summed E-state index contributed by atoms with van der Waals surface area (Å²) in [6.07, 6.45) is 0.597. The summed E-state index contributed by atoms with van der Waals surface area (Å²) < 4.78 is 42.8. The lowest BCUT2D eigenvalue weighted by molar-refractivity contribution is -0.656. The van der Waals surface area contributed by atoms with Gasteiger partial charge in [-0.1, -0.05) is 24.2 Å². The van der Waals surface area contributed by atoms with Crippen LogP contribution in [0, 0.1) is 0 Å². The number of aromatic nitrogens is 2. The highest BCUT2D eigenvalue weighted by molar-refractivity contribution is 7.80. The number of ether oxygens (including phenoxy) is 1. The van der Waals surface area contributed by atoms with E-state index in [9.17, 15) is 32.7 Å². The molecule has 1 aliphatic rings. The van der Waals surface area contributed by atoms with Crippen LogP contribution in [0.1, 0.15) is 32.9 Å². The zero-order valence-electron chi connectivity index (χ0n) is 27.1. The summed E-state index contributed by atoms with van der Waals surface area (Å²) in [5.41, 5.74) is 11.0. The number of nitrogens with zero attached hydrogens (tertiary/aromatic N) is 4. The molecule has 0 spiro atoms. The Hall–Kier alpha value is -5.22. The molecule has 3 heterocycles. The van der Waals surface area contributed by atoms with Crippen LogP contribution in [-0.4, -0.2) is 87.9 Å². The number of anilines is 2. The number of β-lactam (4-membered cyclic amide) rings is 1. The molecule has 2 aromatic heterocycles. The Morgan fingerprint density at radius 1 is 1.18 bits per heavy atom. The maximum absolute atomic E-state index is 13.2. The van der Waals surface area contributed by atoms with Crippen molar-refractivity contribution >= 4 is 62.1 Å². The maximum Gasteiger partial charge on any atom is 0.418 e. The van der Waals surface area contributed by atoms with Gasteiger partial charge in [-0.05, 0) is 44.0 Å². The number of carbonyl (C=O) groups excluding carboxylic acids is 3. The van der Waals surface area contributed by atoms with Crippen LogP contribution in [0.4, 0.5) is 10.9 Å². The van der Waals surface area contributed by atoms with E-state index in [0.717, 1.165) is 22.5 Å². The van der Waals surface area contributed by atoms with Crippen LogP contribution in [0.25, 0.3) is 11.1 Å². The van der Waals surface area contributed by atoms with Gasteiger partial charge in [0.15, 0.2) is 10.8 Å². The van der Waals surface area contributed by atoms with Crippen molar-refractivity contribution in [2.45, 2.75) is 50.9 Å². The minimum atomic E-state index is -5.03. The molecule has 0 unspecified atom stereocenters. The van der Waals surface area contributed by atoms with Gasteiger partial charge in [0.25, 0.3) is 23.7 Å². The second-order valence-corrected chi connectivity index (χ2v) is 13.3. The van der Waals surface area contributed by atoms with E-state index in [1.165, 1.54) is 19.2 Å². The number of benzene rings is 1. The van der Waals surface area contributed by atoms with Crippen molar-refractivity contribution in [2.24, 2.45) is 17.9 Å². The monoisotopic (exact) mass is 735 g/mol. The van der Waals surface area contributed by atoms with Crippen LogP contribution in [0.2, 0.25) is 0 Å². The molecule has 1 aromatic carbocycles. The second-order valence-electron chi connectivity index (χ2n) is 11.4. The fourth-order valence-electron chi connectivity index (χ4n) is 4.51. The van der Waals surface area contributed by atoms with Crippen LogP contribution in [0.15, 0.2) is 53.1 Å². The number of hydrogen-bond acceptors (Lipinski definition) is 14. The lowest BCUT2D eigenvalue weighted by Crippen LogP contribution is -2.76. The topological polar surface area (TPSA) is 279 Å². The first-order valence-corrected chi connectivity index (χ1v) is 16.9. The maximum atomic E-state index is 13.2. The summed E-state index contributed by atoms with van der Waals surface area (Å²) in [5, 5.41) is 20.4. The number of nitrogens with two attached hydrogens (primary N) is 2. The second kappa shape index (κ2) is 15.1. The van der Waals surface area contributed by atoms with E-state index in [-0.39, 0.29) is 16.7 Å².